The third-order valence-electron chi connectivity index (χ3n) is 4.57. The van der Waals surface area contributed by atoms with Crippen molar-refractivity contribution in [3.8, 4) is 6.07 Å². The zero-order valence-corrected chi connectivity index (χ0v) is 13.4. The van der Waals surface area contributed by atoms with Crippen molar-refractivity contribution in [2.24, 2.45) is 0 Å². The number of amides is 1. The fourth-order valence-corrected chi connectivity index (χ4v) is 3.14. The first-order valence-electron chi connectivity index (χ1n) is 8.20. The quantitative estimate of drug-likeness (QED) is 0.736. The summed E-state index contributed by atoms with van der Waals surface area (Å²) in [7, 11) is 0. The monoisotopic (exact) mass is 330 g/mol. The van der Waals surface area contributed by atoms with Gasteiger partial charge in [-0.25, -0.2) is 4.39 Å². The first-order chi connectivity index (χ1) is 12.2. The fraction of sp³-hybridized carbons (Fsp3) is 0.143. The van der Waals surface area contributed by atoms with Gasteiger partial charge in [-0.15, -0.1) is 0 Å². The van der Waals surface area contributed by atoms with Crippen LogP contribution in [0.4, 0.5) is 10.1 Å². The van der Waals surface area contributed by atoms with Crippen molar-refractivity contribution < 1.29 is 9.18 Å². The Balaban J connectivity index is 1.70. The van der Waals surface area contributed by atoms with Gasteiger partial charge in [0.05, 0.1) is 5.56 Å². The van der Waals surface area contributed by atoms with Gasteiger partial charge in [0, 0.05) is 16.6 Å². The first-order valence-corrected chi connectivity index (χ1v) is 8.20. The lowest BCUT2D eigenvalue weighted by molar-refractivity contribution is 0.102. The average Bonchev–Trinajstić information content (AvgIpc) is 3.47. The number of nitrogens with one attached hydrogen (secondary N) is 1. The summed E-state index contributed by atoms with van der Waals surface area (Å²) in [5, 5.41) is 14.0. The molecule has 0 spiro atoms. The van der Waals surface area contributed by atoms with Gasteiger partial charge < -0.3 is 5.32 Å². The van der Waals surface area contributed by atoms with E-state index < -0.39 is 5.82 Å². The van der Waals surface area contributed by atoms with Crippen LogP contribution in [0.5, 0.6) is 0 Å². The molecule has 122 valence electrons. The second-order valence-electron chi connectivity index (χ2n) is 6.28. The van der Waals surface area contributed by atoms with Crippen molar-refractivity contribution in [3.05, 3.63) is 77.1 Å². The Kier molecular flexibility index (Phi) is 3.70. The Bertz CT molecular complexity index is 1030. The smallest absolute Gasteiger partial charge is 0.255 e. The second-order valence-corrected chi connectivity index (χ2v) is 6.28. The Hall–Kier alpha value is -3.19. The molecule has 1 saturated carbocycles. The molecule has 3 nitrogen and oxygen atoms in total. The highest BCUT2D eigenvalue weighted by molar-refractivity contribution is 6.09. The van der Waals surface area contributed by atoms with E-state index in [0.29, 0.717) is 11.6 Å². The standard InChI is InChI=1S/C21H15FN2O/c22-19-10-9-14(11-15(19)12-23)21(25)24-20-6-2-4-17-16(13-7-8-13)3-1-5-18(17)20/h1-6,9-11,13H,7-8H2,(H,24,25). The molecule has 0 radical (unpaired) electrons. The molecule has 4 rings (SSSR count). The van der Waals surface area contributed by atoms with E-state index in [1.54, 1.807) is 6.07 Å². The van der Waals surface area contributed by atoms with Crippen molar-refractivity contribution in [2.75, 3.05) is 5.32 Å². The maximum absolute atomic E-state index is 13.4. The summed E-state index contributed by atoms with van der Waals surface area (Å²) >= 11 is 0. The Labute approximate surface area is 144 Å². The van der Waals surface area contributed by atoms with Crippen molar-refractivity contribution in [1.29, 1.82) is 5.26 Å². The molecule has 25 heavy (non-hydrogen) atoms. The molecule has 0 aromatic heterocycles. The lowest BCUT2D eigenvalue weighted by Gasteiger charge is -2.11. The van der Waals surface area contributed by atoms with Crippen LogP contribution in [0.1, 0.15) is 40.2 Å². The van der Waals surface area contributed by atoms with Crippen LogP contribution in [0.3, 0.4) is 0 Å². The average molecular weight is 330 g/mol. The molecule has 3 aromatic carbocycles. The van der Waals surface area contributed by atoms with E-state index in [-0.39, 0.29) is 17.0 Å². The van der Waals surface area contributed by atoms with E-state index in [0.717, 1.165) is 16.8 Å². The van der Waals surface area contributed by atoms with Gasteiger partial charge >= 0.3 is 0 Å². The Morgan fingerprint density at radius 2 is 1.84 bits per heavy atom. The number of carbonyl (C=O) groups excluding carboxylic acids is 1. The van der Waals surface area contributed by atoms with E-state index in [4.69, 9.17) is 5.26 Å². The normalized spacial score (nSPS) is 13.4. The molecule has 4 heteroatoms. The molecule has 1 aliphatic rings. The number of nitriles is 1. The molecule has 0 bridgehead atoms. The Morgan fingerprint density at radius 1 is 1.08 bits per heavy atom. The molecule has 1 N–H and O–H groups in total. The van der Waals surface area contributed by atoms with Crippen LogP contribution in [-0.2, 0) is 0 Å². The molecular weight excluding hydrogens is 315 g/mol. The molecule has 0 aliphatic heterocycles. The zero-order valence-electron chi connectivity index (χ0n) is 13.4. The lowest BCUT2D eigenvalue weighted by atomic mass is 10.00. The minimum absolute atomic E-state index is 0.137. The number of halogens is 1. The zero-order chi connectivity index (χ0) is 17.4. The van der Waals surface area contributed by atoms with Gasteiger partial charge in [-0.05, 0) is 54.0 Å². The number of benzene rings is 3. The summed E-state index contributed by atoms with van der Waals surface area (Å²) in [6.07, 6.45) is 2.42. The predicted molar refractivity (Wildman–Crippen MR) is 95.0 cm³/mol. The highest BCUT2D eigenvalue weighted by atomic mass is 19.1. The summed E-state index contributed by atoms with van der Waals surface area (Å²) in [5.41, 5.74) is 2.16. The maximum atomic E-state index is 13.4. The summed E-state index contributed by atoms with van der Waals surface area (Å²) < 4.78 is 13.4. The number of carbonyl (C=O) groups is 1. The molecule has 0 unspecified atom stereocenters. The van der Waals surface area contributed by atoms with Gasteiger partial charge in [-0.1, -0.05) is 30.3 Å². The van der Waals surface area contributed by atoms with Gasteiger partial charge in [-0.2, -0.15) is 5.26 Å². The predicted octanol–water partition coefficient (Wildman–Crippen LogP) is 4.98. The molecule has 1 amide bonds. The van der Waals surface area contributed by atoms with E-state index >= 15 is 0 Å². The van der Waals surface area contributed by atoms with E-state index in [1.165, 1.54) is 30.5 Å². The van der Waals surface area contributed by atoms with Crippen molar-refractivity contribution >= 4 is 22.4 Å². The van der Waals surface area contributed by atoms with Gasteiger partial charge in [-0.3, -0.25) is 4.79 Å². The van der Waals surface area contributed by atoms with Crippen LogP contribution in [0, 0.1) is 17.1 Å². The number of fused-ring (bicyclic) bond motifs is 1. The van der Waals surface area contributed by atoms with Crippen LogP contribution in [0.15, 0.2) is 54.6 Å². The van der Waals surface area contributed by atoms with Crippen LogP contribution >= 0.6 is 0 Å². The highest BCUT2D eigenvalue weighted by Crippen LogP contribution is 2.43. The van der Waals surface area contributed by atoms with Gasteiger partial charge in [0.1, 0.15) is 11.9 Å². The van der Waals surface area contributed by atoms with Crippen LogP contribution < -0.4 is 5.32 Å². The van der Waals surface area contributed by atoms with Crippen molar-refractivity contribution in [1.82, 2.24) is 0 Å². The number of nitrogens with zero attached hydrogens (tertiary/aromatic N) is 1. The van der Waals surface area contributed by atoms with Gasteiger partial charge in [0.15, 0.2) is 0 Å². The van der Waals surface area contributed by atoms with Crippen molar-refractivity contribution in [2.45, 2.75) is 18.8 Å². The second kappa shape index (κ2) is 6.03. The largest absolute Gasteiger partial charge is 0.321 e. The third-order valence-corrected chi connectivity index (χ3v) is 4.57. The SMILES string of the molecule is N#Cc1cc(C(=O)Nc2cccc3c(C4CC4)cccc23)ccc1F. The number of anilines is 1. The van der Waals surface area contributed by atoms with E-state index in [1.807, 2.05) is 24.3 Å². The number of rotatable bonds is 3. The minimum Gasteiger partial charge on any atom is -0.321 e. The summed E-state index contributed by atoms with van der Waals surface area (Å²) in [5.74, 6) is -0.371. The first kappa shape index (κ1) is 15.3. The molecule has 0 saturated heterocycles. The highest BCUT2D eigenvalue weighted by Gasteiger charge is 2.25. The summed E-state index contributed by atoms with van der Waals surface area (Å²) in [6.45, 7) is 0. The lowest BCUT2D eigenvalue weighted by Crippen LogP contribution is -2.12. The summed E-state index contributed by atoms with van der Waals surface area (Å²) in [4.78, 5) is 12.5. The number of hydrogen-bond donors (Lipinski definition) is 1. The molecule has 1 aliphatic carbocycles. The topological polar surface area (TPSA) is 52.9 Å². The third kappa shape index (κ3) is 2.85. The molecule has 3 aromatic rings. The molecular formula is C21H15FN2O. The summed E-state index contributed by atoms with van der Waals surface area (Å²) in [6, 6.07) is 17.5. The molecule has 1 fully saturated rings. The molecule has 0 atom stereocenters. The van der Waals surface area contributed by atoms with Crippen LogP contribution in [-0.4, -0.2) is 5.91 Å². The maximum Gasteiger partial charge on any atom is 0.255 e. The van der Waals surface area contributed by atoms with Gasteiger partial charge in [0.25, 0.3) is 5.91 Å². The fourth-order valence-electron chi connectivity index (χ4n) is 3.14. The number of hydrogen-bond acceptors (Lipinski definition) is 2. The minimum atomic E-state index is -0.627. The van der Waals surface area contributed by atoms with E-state index in [2.05, 4.69) is 17.4 Å². The Morgan fingerprint density at radius 3 is 2.60 bits per heavy atom. The van der Waals surface area contributed by atoms with Crippen LogP contribution in [0.25, 0.3) is 10.8 Å². The van der Waals surface area contributed by atoms with Gasteiger partial charge in [0.2, 0.25) is 0 Å². The van der Waals surface area contributed by atoms with Crippen molar-refractivity contribution in [3.63, 3.8) is 0 Å². The van der Waals surface area contributed by atoms with Crippen LogP contribution in [0.2, 0.25) is 0 Å². The molecule has 0 heterocycles. The van der Waals surface area contributed by atoms with E-state index in [9.17, 15) is 9.18 Å².